The topological polar surface area (TPSA) is 93.2 Å². The van der Waals surface area contributed by atoms with Gasteiger partial charge in [-0.25, -0.2) is 0 Å². The molecule has 0 spiro atoms. The standard InChI is InChI=1S/C12H9ClN4O3S/c1-12(10(19)16-11-17-14-5-21-11)9(18)15-7-4-6(13)2-3-8(7)20-12/h2-5H,1H3,(H,15,18)(H,16,17,19). The molecular weight excluding hydrogens is 316 g/mol. The van der Waals surface area contributed by atoms with Gasteiger partial charge in [0.1, 0.15) is 11.3 Å². The van der Waals surface area contributed by atoms with Gasteiger partial charge in [-0.05, 0) is 25.1 Å². The van der Waals surface area contributed by atoms with Crippen molar-refractivity contribution in [3.05, 3.63) is 28.7 Å². The Labute approximate surface area is 128 Å². The van der Waals surface area contributed by atoms with E-state index in [9.17, 15) is 9.59 Å². The molecule has 21 heavy (non-hydrogen) atoms. The van der Waals surface area contributed by atoms with E-state index in [0.29, 0.717) is 21.6 Å². The highest BCUT2D eigenvalue weighted by atomic mass is 35.5. The summed E-state index contributed by atoms with van der Waals surface area (Å²) in [5.41, 5.74) is 0.192. The summed E-state index contributed by atoms with van der Waals surface area (Å²) in [7, 11) is 0. The highest BCUT2D eigenvalue weighted by Crippen LogP contribution is 2.36. The predicted molar refractivity (Wildman–Crippen MR) is 77.7 cm³/mol. The van der Waals surface area contributed by atoms with E-state index in [4.69, 9.17) is 16.3 Å². The van der Waals surface area contributed by atoms with Crippen LogP contribution in [0.25, 0.3) is 0 Å². The zero-order chi connectivity index (χ0) is 15.0. The second-order valence-electron chi connectivity index (χ2n) is 4.43. The molecule has 0 saturated heterocycles. The molecule has 0 bridgehead atoms. The maximum Gasteiger partial charge on any atom is 0.280 e. The van der Waals surface area contributed by atoms with Gasteiger partial charge < -0.3 is 10.1 Å². The van der Waals surface area contributed by atoms with E-state index in [2.05, 4.69) is 20.8 Å². The molecule has 9 heteroatoms. The Morgan fingerprint density at radius 2 is 2.33 bits per heavy atom. The average molecular weight is 325 g/mol. The van der Waals surface area contributed by atoms with Gasteiger partial charge in [0, 0.05) is 5.02 Å². The van der Waals surface area contributed by atoms with Gasteiger partial charge in [0.2, 0.25) is 5.13 Å². The fraction of sp³-hybridized carbons (Fsp3) is 0.167. The summed E-state index contributed by atoms with van der Waals surface area (Å²) in [5.74, 6) is -0.842. The maximum absolute atomic E-state index is 12.3. The first-order chi connectivity index (χ1) is 9.99. The first-order valence-corrected chi connectivity index (χ1v) is 7.12. The lowest BCUT2D eigenvalue weighted by Crippen LogP contribution is -2.56. The molecule has 2 heterocycles. The Hall–Kier alpha value is -2.19. The molecule has 108 valence electrons. The Bertz CT molecular complexity index is 721. The van der Waals surface area contributed by atoms with Crippen molar-refractivity contribution < 1.29 is 14.3 Å². The Morgan fingerprint density at radius 3 is 3.05 bits per heavy atom. The van der Waals surface area contributed by atoms with Crippen LogP contribution in [0.5, 0.6) is 5.75 Å². The van der Waals surface area contributed by atoms with Gasteiger partial charge in [-0.15, -0.1) is 10.2 Å². The van der Waals surface area contributed by atoms with Gasteiger partial charge in [0.05, 0.1) is 5.69 Å². The number of carbonyl (C=O) groups excluding carboxylic acids is 2. The summed E-state index contributed by atoms with van der Waals surface area (Å²) in [6, 6.07) is 4.76. The van der Waals surface area contributed by atoms with Crippen molar-refractivity contribution in [2.75, 3.05) is 10.6 Å². The molecule has 1 aromatic heterocycles. The van der Waals surface area contributed by atoms with Gasteiger partial charge in [0.15, 0.2) is 0 Å². The number of ether oxygens (including phenoxy) is 1. The first kappa shape index (κ1) is 13.8. The van der Waals surface area contributed by atoms with Gasteiger partial charge >= 0.3 is 0 Å². The lowest BCUT2D eigenvalue weighted by atomic mass is 10.0. The largest absolute Gasteiger partial charge is 0.466 e. The Balaban J connectivity index is 1.89. The number of nitrogens with one attached hydrogen (secondary N) is 2. The van der Waals surface area contributed by atoms with E-state index in [1.165, 1.54) is 12.4 Å². The quantitative estimate of drug-likeness (QED) is 0.823. The monoisotopic (exact) mass is 324 g/mol. The van der Waals surface area contributed by atoms with Crippen LogP contribution in [0.1, 0.15) is 6.92 Å². The Morgan fingerprint density at radius 1 is 1.52 bits per heavy atom. The average Bonchev–Trinajstić information content (AvgIpc) is 2.93. The van der Waals surface area contributed by atoms with Gasteiger partial charge in [-0.1, -0.05) is 22.9 Å². The zero-order valence-corrected chi connectivity index (χ0v) is 12.3. The fourth-order valence-electron chi connectivity index (χ4n) is 1.79. The molecule has 1 unspecified atom stereocenters. The number of rotatable bonds is 2. The van der Waals surface area contributed by atoms with Crippen LogP contribution < -0.4 is 15.4 Å². The van der Waals surface area contributed by atoms with E-state index < -0.39 is 17.4 Å². The highest BCUT2D eigenvalue weighted by molar-refractivity contribution is 7.13. The zero-order valence-electron chi connectivity index (χ0n) is 10.7. The molecule has 0 aliphatic carbocycles. The minimum Gasteiger partial charge on any atom is -0.466 e. The number of benzene rings is 1. The molecule has 1 aromatic carbocycles. The van der Waals surface area contributed by atoms with Crippen LogP contribution in [0.3, 0.4) is 0 Å². The lowest BCUT2D eigenvalue weighted by Gasteiger charge is -2.32. The number of aromatic nitrogens is 2. The molecule has 3 rings (SSSR count). The Kier molecular flexibility index (Phi) is 3.26. The number of hydrogen-bond acceptors (Lipinski definition) is 6. The second-order valence-corrected chi connectivity index (χ2v) is 5.70. The molecule has 1 aliphatic heterocycles. The number of amides is 2. The number of anilines is 2. The molecular formula is C12H9ClN4O3S. The lowest BCUT2D eigenvalue weighted by molar-refractivity contribution is -0.143. The summed E-state index contributed by atoms with van der Waals surface area (Å²) >= 11 is 7.00. The highest BCUT2D eigenvalue weighted by Gasteiger charge is 2.47. The molecule has 2 aromatic rings. The summed E-state index contributed by atoms with van der Waals surface area (Å²) in [6.07, 6.45) is 0. The van der Waals surface area contributed by atoms with Crippen LogP contribution in [-0.4, -0.2) is 27.6 Å². The molecule has 7 nitrogen and oxygen atoms in total. The number of nitrogens with zero attached hydrogens (tertiary/aromatic N) is 2. The normalized spacial score (nSPS) is 20.2. The van der Waals surface area contributed by atoms with Crippen LogP contribution in [0, 0.1) is 0 Å². The minimum absolute atomic E-state index is 0.291. The van der Waals surface area contributed by atoms with Crippen molar-refractivity contribution in [3.8, 4) is 5.75 Å². The molecule has 0 fully saturated rings. The van der Waals surface area contributed by atoms with Crippen molar-refractivity contribution in [1.82, 2.24) is 10.2 Å². The number of carbonyl (C=O) groups is 2. The molecule has 1 atom stereocenters. The van der Waals surface area contributed by atoms with E-state index in [-0.39, 0.29) is 0 Å². The van der Waals surface area contributed by atoms with Gasteiger partial charge in [-0.2, -0.15) is 0 Å². The third-order valence-corrected chi connectivity index (χ3v) is 3.79. The van der Waals surface area contributed by atoms with E-state index >= 15 is 0 Å². The molecule has 0 saturated carbocycles. The van der Waals surface area contributed by atoms with E-state index in [1.807, 2.05) is 0 Å². The predicted octanol–water partition coefficient (Wildman–Crippen LogP) is 1.92. The van der Waals surface area contributed by atoms with Crippen molar-refractivity contribution in [2.24, 2.45) is 0 Å². The molecule has 0 radical (unpaired) electrons. The number of fused-ring (bicyclic) bond motifs is 1. The summed E-state index contributed by atoms with van der Waals surface area (Å²) < 4.78 is 5.57. The molecule has 2 N–H and O–H groups in total. The van der Waals surface area contributed by atoms with Crippen LogP contribution >= 0.6 is 22.9 Å². The third-order valence-electron chi connectivity index (χ3n) is 2.95. The summed E-state index contributed by atoms with van der Waals surface area (Å²) in [5, 5.41) is 13.2. The summed E-state index contributed by atoms with van der Waals surface area (Å²) in [6.45, 7) is 1.39. The SMILES string of the molecule is CC1(C(=O)Nc2nncs2)Oc2ccc(Cl)cc2NC1=O. The van der Waals surface area contributed by atoms with Gasteiger partial charge in [-0.3, -0.25) is 14.9 Å². The van der Waals surface area contributed by atoms with Crippen LogP contribution in [-0.2, 0) is 9.59 Å². The van der Waals surface area contributed by atoms with Crippen LogP contribution in [0.15, 0.2) is 23.7 Å². The third kappa shape index (κ3) is 2.43. The van der Waals surface area contributed by atoms with Crippen molar-refractivity contribution in [3.63, 3.8) is 0 Å². The van der Waals surface area contributed by atoms with Crippen LogP contribution in [0.2, 0.25) is 5.02 Å². The molecule has 2 amide bonds. The van der Waals surface area contributed by atoms with Gasteiger partial charge in [0.25, 0.3) is 17.4 Å². The smallest absolute Gasteiger partial charge is 0.280 e. The van der Waals surface area contributed by atoms with E-state index in [0.717, 1.165) is 11.3 Å². The van der Waals surface area contributed by atoms with Crippen molar-refractivity contribution in [1.29, 1.82) is 0 Å². The maximum atomic E-state index is 12.3. The van der Waals surface area contributed by atoms with Crippen molar-refractivity contribution in [2.45, 2.75) is 12.5 Å². The number of halogens is 1. The first-order valence-electron chi connectivity index (χ1n) is 5.87. The van der Waals surface area contributed by atoms with Crippen molar-refractivity contribution >= 4 is 45.6 Å². The number of hydrogen-bond donors (Lipinski definition) is 2. The molecule has 1 aliphatic rings. The minimum atomic E-state index is -1.70. The fourth-order valence-corrected chi connectivity index (χ4v) is 2.40. The van der Waals surface area contributed by atoms with E-state index in [1.54, 1.807) is 18.2 Å². The van der Waals surface area contributed by atoms with Crippen LogP contribution in [0.4, 0.5) is 10.8 Å². The summed E-state index contributed by atoms with van der Waals surface area (Å²) in [4.78, 5) is 24.5. The second kappa shape index (κ2) is 4.97.